The van der Waals surface area contributed by atoms with Gasteiger partial charge in [-0.05, 0) is 18.6 Å². The van der Waals surface area contributed by atoms with Crippen molar-refractivity contribution in [2.75, 3.05) is 25.6 Å². The second-order valence-electron chi connectivity index (χ2n) is 2.92. The fourth-order valence-corrected chi connectivity index (χ4v) is 1.86. The van der Waals surface area contributed by atoms with E-state index in [0.29, 0.717) is 13.2 Å². The summed E-state index contributed by atoms with van der Waals surface area (Å²) in [5.74, 6) is 2.86. The molecule has 0 spiro atoms. The maximum atomic E-state index is 8.46. The largest absolute Gasteiger partial charge is 0.468 e. The Bertz CT molecular complexity index is 247. The second kappa shape index (κ2) is 6.92. The Labute approximate surface area is 88.4 Å². The van der Waals surface area contributed by atoms with Crippen molar-refractivity contribution in [3.8, 4) is 0 Å². The van der Waals surface area contributed by atoms with Gasteiger partial charge in [0.15, 0.2) is 0 Å². The zero-order chi connectivity index (χ0) is 10.2. The van der Waals surface area contributed by atoms with Crippen LogP contribution < -0.4 is 0 Å². The monoisotopic (exact) mass is 216 g/mol. The van der Waals surface area contributed by atoms with Crippen molar-refractivity contribution < 1.29 is 14.3 Å². The SMILES string of the molecule is Cc1ccoc1CSCCOCCO. The maximum Gasteiger partial charge on any atom is 0.116 e. The highest BCUT2D eigenvalue weighted by molar-refractivity contribution is 7.98. The van der Waals surface area contributed by atoms with Crippen LogP contribution in [0.25, 0.3) is 0 Å². The first-order chi connectivity index (χ1) is 6.84. The molecular weight excluding hydrogens is 200 g/mol. The van der Waals surface area contributed by atoms with Gasteiger partial charge in [0.05, 0.1) is 31.8 Å². The number of aliphatic hydroxyl groups is 1. The van der Waals surface area contributed by atoms with Crippen LogP contribution in [0.1, 0.15) is 11.3 Å². The van der Waals surface area contributed by atoms with E-state index in [4.69, 9.17) is 14.3 Å². The number of thioether (sulfide) groups is 1. The quantitative estimate of drug-likeness (QED) is 0.706. The summed E-state index contributed by atoms with van der Waals surface area (Å²) in [6.45, 7) is 3.26. The zero-order valence-electron chi connectivity index (χ0n) is 8.36. The van der Waals surface area contributed by atoms with Crippen LogP contribution in [0.4, 0.5) is 0 Å². The molecule has 1 aromatic rings. The van der Waals surface area contributed by atoms with Crippen molar-refractivity contribution in [3.05, 3.63) is 23.7 Å². The summed E-state index contributed by atoms with van der Waals surface area (Å²) in [5, 5.41) is 8.46. The van der Waals surface area contributed by atoms with Gasteiger partial charge in [-0.15, -0.1) is 0 Å². The normalized spacial score (nSPS) is 10.7. The molecule has 0 aliphatic rings. The molecule has 4 heteroatoms. The molecule has 0 aliphatic heterocycles. The van der Waals surface area contributed by atoms with E-state index in [1.807, 2.05) is 13.0 Å². The third-order valence-corrected chi connectivity index (χ3v) is 2.73. The van der Waals surface area contributed by atoms with Crippen LogP contribution in [0.2, 0.25) is 0 Å². The Morgan fingerprint density at radius 2 is 2.36 bits per heavy atom. The number of aryl methyl sites for hydroxylation is 1. The summed E-state index contributed by atoms with van der Waals surface area (Å²) in [6, 6.07) is 1.97. The van der Waals surface area contributed by atoms with Crippen LogP contribution >= 0.6 is 11.8 Å². The lowest BCUT2D eigenvalue weighted by Crippen LogP contribution is -2.02. The summed E-state index contributed by atoms with van der Waals surface area (Å²) in [6.07, 6.45) is 1.72. The smallest absolute Gasteiger partial charge is 0.116 e. The van der Waals surface area contributed by atoms with Gasteiger partial charge in [-0.25, -0.2) is 0 Å². The molecule has 0 saturated heterocycles. The van der Waals surface area contributed by atoms with Crippen molar-refractivity contribution in [2.24, 2.45) is 0 Å². The molecule has 1 rings (SSSR count). The van der Waals surface area contributed by atoms with E-state index < -0.39 is 0 Å². The zero-order valence-corrected chi connectivity index (χ0v) is 9.18. The lowest BCUT2D eigenvalue weighted by atomic mass is 10.3. The van der Waals surface area contributed by atoms with Gasteiger partial charge in [0.25, 0.3) is 0 Å². The van der Waals surface area contributed by atoms with E-state index in [0.717, 1.165) is 17.3 Å². The molecular formula is C10H16O3S. The summed E-state index contributed by atoms with van der Waals surface area (Å²) >= 11 is 1.78. The fraction of sp³-hybridized carbons (Fsp3) is 0.600. The predicted molar refractivity (Wildman–Crippen MR) is 57.5 cm³/mol. The molecule has 0 unspecified atom stereocenters. The van der Waals surface area contributed by atoms with Gasteiger partial charge in [0.1, 0.15) is 5.76 Å². The standard InChI is InChI=1S/C10H16O3S/c1-9-2-4-13-10(9)8-14-7-6-12-5-3-11/h2,4,11H,3,5-8H2,1H3. The van der Waals surface area contributed by atoms with Gasteiger partial charge >= 0.3 is 0 Å². The van der Waals surface area contributed by atoms with Gasteiger partial charge in [0.2, 0.25) is 0 Å². The lowest BCUT2D eigenvalue weighted by molar-refractivity contribution is 0.103. The summed E-state index contributed by atoms with van der Waals surface area (Å²) < 4.78 is 10.4. The number of rotatable bonds is 7. The van der Waals surface area contributed by atoms with Crippen LogP contribution in [0.5, 0.6) is 0 Å². The van der Waals surface area contributed by atoms with E-state index in [-0.39, 0.29) is 6.61 Å². The third kappa shape index (κ3) is 4.17. The lowest BCUT2D eigenvalue weighted by Gasteiger charge is -2.01. The van der Waals surface area contributed by atoms with Crippen molar-refractivity contribution >= 4 is 11.8 Å². The predicted octanol–water partition coefficient (Wildman–Crippen LogP) is 1.83. The molecule has 0 radical (unpaired) electrons. The van der Waals surface area contributed by atoms with Crippen LogP contribution in [0.15, 0.2) is 16.7 Å². The highest BCUT2D eigenvalue weighted by atomic mass is 32.2. The highest BCUT2D eigenvalue weighted by Gasteiger charge is 2.00. The van der Waals surface area contributed by atoms with E-state index in [2.05, 4.69) is 0 Å². The number of hydrogen-bond donors (Lipinski definition) is 1. The fourth-order valence-electron chi connectivity index (χ4n) is 1.00. The average molecular weight is 216 g/mol. The summed E-state index contributed by atoms with van der Waals surface area (Å²) in [7, 11) is 0. The second-order valence-corrected chi connectivity index (χ2v) is 4.02. The first kappa shape index (κ1) is 11.6. The third-order valence-electron chi connectivity index (χ3n) is 1.81. The number of furan rings is 1. The van der Waals surface area contributed by atoms with Gasteiger partial charge in [-0.2, -0.15) is 11.8 Å². The Morgan fingerprint density at radius 1 is 1.50 bits per heavy atom. The number of hydrogen-bond acceptors (Lipinski definition) is 4. The van der Waals surface area contributed by atoms with Crippen molar-refractivity contribution in [3.63, 3.8) is 0 Å². The highest BCUT2D eigenvalue weighted by Crippen LogP contribution is 2.16. The number of aliphatic hydroxyl groups excluding tert-OH is 1. The first-order valence-electron chi connectivity index (χ1n) is 4.64. The Morgan fingerprint density at radius 3 is 3.00 bits per heavy atom. The molecule has 0 bridgehead atoms. The minimum Gasteiger partial charge on any atom is -0.468 e. The molecule has 14 heavy (non-hydrogen) atoms. The van der Waals surface area contributed by atoms with Crippen molar-refractivity contribution in [1.29, 1.82) is 0 Å². The summed E-state index contributed by atoms with van der Waals surface area (Å²) in [5.41, 5.74) is 1.20. The van der Waals surface area contributed by atoms with E-state index in [9.17, 15) is 0 Å². The topological polar surface area (TPSA) is 42.6 Å². The molecule has 0 atom stereocenters. The number of ether oxygens (including phenoxy) is 1. The van der Waals surface area contributed by atoms with E-state index >= 15 is 0 Å². The Hall–Kier alpha value is -0.450. The molecule has 1 N–H and O–H groups in total. The van der Waals surface area contributed by atoms with Crippen LogP contribution in [-0.4, -0.2) is 30.7 Å². The van der Waals surface area contributed by atoms with Crippen LogP contribution in [-0.2, 0) is 10.5 Å². The first-order valence-corrected chi connectivity index (χ1v) is 5.79. The molecule has 0 saturated carbocycles. The van der Waals surface area contributed by atoms with Crippen molar-refractivity contribution in [1.82, 2.24) is 0 Å². The molecule has 1 aromatic heterocycles. The molecule has 0 aliphatic carbocycles. The minimum absolute atomic E-state index is 0.0992. The van der Waals surface area contributed by atoms with Crippen molar-refractivity contribution in [2.45, 2.75) is 12.7 Å². The molecule has 0 amide bonds. The molecule has 0 aromatic carbocycles. The van der Waals surface area contributed by atoms with Crippen LogP contribution in [0.3, 0.4) is 0 Å². The molecule has 1 heterocycles. The van der Waals surface area contributed by atoms with Gasteiger partial charge < -0.3 is 14.3 Å². The van der Waals surface area contributed by atoms with Gasteiger partial charge in [-0.1, -0.05) is 0 Å². The Kier molecular flexibility index (Phi) is 5.75. The molecule has 3 nitrogen and oxygen atoms in total. The minimum atomic E-state index is 0.0992. The van der Waals surface area contributed by atoms with Gasteiger partial charge in [0, 0.05) is 5.75 Å². The summed E-state index contributed by atoms with van der Waals surface area (Å²) in [4.78, 5) is 0. The van der Waals surface area contributed by atoms with Gasteiger partial charge in [-0.3, -0.25) is 0 Å². The Balaban J connectivity index is 2.02. The van der Waals surface area contributed by atoms with Crippen LogP contribution in [0, 0.1) is 6.92 Å². The average Bonchev–Trinajstić information content (AvgIpc) is 2.58. The molecule has 0 fully saturated rings. The van der Waals surface area contributed by atoms with E-state index in [1.54, 1.807) is 18.0 Å². The van der Waals surface area contributed by atoms with E-state index in [1.165, 1.54) is 5.56 Å². The maximum absolute atomic E-state index is 8.46. The molecule has 80 valence electrons.